The highest BCUT2D eigenvalue weighted by atomic mass is 16.5. The van der Waals surface area contributed by atoms with E-state index in [-0.39, 0.29) is 30.5 Å². The third kappa shape index (κ3) is 3.28. The van der Waals surface area contributed by atoms with Crippen LogP contribution in [0.1, 0.15) is 23.6 Å². The van der Waals surface area contributed by atoms with Crippen molar-refractivity contribution in [2.75, 3.05) is 38.6 Å². The Labute approximate surface area is 210 Å². The van der Waals surface area contributed by atoms with Crippen LogP contribution in [0.15, 0.2) is 60.7 Å². The van der Waals surface area contributed by atoms with Crippen LogP contribution in [0.2, 0.25) is 0 Å². The molecule has 0 aliphatic carbocycles. The number of carbonyl (C=O) groups excluding carboxylic acids is 3. The first-order valence-corrected chi connectivity index (χ1v) is 12.0. The Bertz CT molecular complexity index is 1330. The summed E-state index contributed by atoms with van der Waals surface area (Å²) in [6, 6.07) is 12.3. The van der Waals surface area contributed by atoms with E-state index in [9.17, 15) is 19.5 Å². The Kier molecular flexibility index (Phi) is 5.71. The van der Waals surface area contributed by atoms with Crippen molar-refractivity contribution in [3.63, 3.8) is 0 Å². The number of aliphatic hydroxyl groups is 1. The van der Waals surface area contributed by atoms with Gasteiger partial charge >= 0.3 is 0 Å². The number of amides is 2. The quantitative estimate of drug-likeness (QED) is 0.292. The SMILES string of the molecule is C=CCN1C(=O)[C@@]2(C(=C(O)c3ccc4c(c3)C[C@@H](C)O4)C(=O)C(=O)N2CCN(C)C)c2ccccc21. The maximum Gasteiger partial charge on any atom is 0.296 e. The van der Waals surface area contributed by atoms with Gasteiger partial charge < -0.3 is 24.5 Å². The number of ether oxygens (including phenoxy) is 1. The van der Waals surface area contributed by atoms with Crippen molar-refractivity contribution in [1.29, 1.82) is 0 Å². The third-order valence-electron chi connectivity index (χ3n) is 7.06. The maximum absolute atomic E-state index is 14.3. The van der Waals surface area contributed by atoms with Crippen molar-refractivity contribution in [1.82, 2.24) is 9.80 Å². The number of rotatable bonds is 6. The molecule has 0 saturated carbocycles. The molecule has 0 aromatic heterocycles. The standard InChI is InChI=1S/C28H29N3O5/c1-5-12-30-21-9-7-6-8-20(21)28(27(30)35)23(25(33)26(34)31(28)14-13-29(3)4)24(32)18-10-11-22-19(16-18)15-17(2)36-22/h5-11,16-17,32H,1,12-15H2,2-4H3/t17-,28+/m1/s1. The summed E-state index contributed by atoms with van der Waals surface area (Å²) in [6.45, 7) is 6.49. The largest absolute Gasteiger partial charge is 0.507 e. The molecule has 2 aromatic carbocycles. The Hall–Kier alpha value is -3.91. The number of Topliss-reactive ketones (excluding diaryl/α,β-unsaturated/α-hetero) is 1. The number of hydrogen-bond acceptors (Lipinski definition) is 6. The van der Waals surface area contributed by atoms with E-state index in [1.54, 1.807) is 48.5 Å². The lowest BCUT2D eigenvalue weighted by Gasteiger charge is -2.35. The highest BCUT2D eigenvalue weighted by Gasteiger charge is 2.66. The van der Waals surface area contributed by atoms with Crippen LogP contribution in [0.5, 0.6) is 5.75 Å². The fourth-order valence-electron chi connectivity index (χ4n) is 5.49. The van der Waals surface area contributed by atoms with Gasteiger partial charge in [0.05, 0.1) is 11.3 Å². The minimum Gasteiger partial charge on any atom is -0.507 e. The number of nitrogens with zero attached hydrogens (tertiary/aromatic N) is 3. The van der Waals surface area contributed by atoms with E-state index < -0.39 is 23.1 Å². The molecule has 8 heteroatoms. The molecule has 0 bridgehead atoms. The minimum absolute atomic E-state index is 0.00310. The molecule has 1 saturated heterocycles. The topological polar surface area (TPSA) is 90.4 Å². The highest BCUT2D eigenvalue weighted by molar-refractivity contribution is 6.50. The van der Waals surface area contributed by atoms with Crippen molar-refractivity contribution in [3.8, 4) is 5.75 Å². The fourth-order valence-corrected chi connectivity index (χ4v) is 5.49. The van der Waals surface area contributed by atoms with Gasteiger partial charge in [-0.3, -0.25) is 14.4 Å². The Morgan fingerprint density at radius 2 is 1.97 bits per heavy atom. The first-order chi connectivity index (χ1) is 17.2. The molecule has 3 aliphatic rings. The monoisotopic (exact) mass is 487 g/mol. The second-order valence-electron chi connectivity index (χ2n) is 9.70. The van der Waals surface area contributed by atoms with Crippen LogP contribution in [0, 0.1) is 0 Å². The van der Waals surface area contributed by atoms with E-state index in [4.69, 9.17) is 4.74 Å². The van der Waals surface area contributed by atoms with Gasteiger partial charge in [0.15, 0.2) is 5.54 Å². The molecule has 186 valence electrons. The number of carbonyl (C=O) groups is 3. The van der Waals surface area contributed by atoms with E-state index >= 15 is 0 Å². The number of hydrogen-bond donors (Lipinski definition) is 1. The lowest BCUT2D eigenvalue weighted by atomic mass is 9.81. The molecule has 1 fully saturated rings. The molecule has 3 heterocycles. The van der Waals surface area contributed by atoms with Crippen LogP contribution in [0.3, 0.4) is 0 Å². The summed E-state index contributed by atoms with van der Waals surface area (Å²) in [7, 11) is 3.70. The summed E-state index contributed by atoms with van der Waals surface area (Å²) < 4.78 is 5.77. The van der Waals surface area contributed by atoms with E-state index in [1.165, 1.54) is 9.80 Å². The van der Waals surface area contributed by atoms with Crippen LogP contribution in [-0.4, -0.2) is 72.3 Å². The molecular formula is C28H29N3O5. The molecule has 2 aromatic rings. The van der Waals surface area contributed by atoms with E-state index in [2.05, 4.69) is 6.58 Å². The van der Waals surface area contributed by atoms with Crippen LogP contribution in [0.25, 0.3) is 5.76 Å². The van der Waals surface area contributed by atoms with Gasteiger partial charge in [0, 0.05) is 37.2 Å². The van der Waals surface area contributed by atoms with Crippen molar-refractivity contribution in [2.45, 2.75) is 25.0 Å². The summed E-state index contributed by atoms with van der Waals surface area (Å²) in [5.74, 6) is -1.78. The summed E-state index contributed by atoms with van der Waals surface area (Å²) in [5, 5.41) is 11.6. The van der Waals surface area contributed by atoms with Crippen molar-refractivity contribution < 1.29 is 24.2 Å². The predicted molar refractivity (Wildman–Crippen MR) is 136 cm³/mol. The second kappa shape index (κ2) is 8.64. The fraction of sp³-hybridized carbons (Fsp3) is 0.321. The predicted octanol–water partition coefficient (Wildman–Crippen LogP) is 2.68. The van der Waals surface area contributed by atoms with Crippen LogP contribution < -0.4 is 9.64 Å². The van der Waals surface area contributed by atoms with Crippen LogP contribution in [0.4, 0.5) is 5.69 Å². The first-order valence-electron chi connectivity index (χ1n) is 12.0. The summed E-state index contributed by atoms with van der Waals surface area (Å²) in [4.78, 5) is 46.0. The highest BCUT2D eigenvalue weighted by Crippen LogP contribution is 2.53. The first kappa shape index (κ1) is 23.8. The zero-order valence-corrected chi connectivity index (χ0v) is 20.7. The number of para-hydroxylation sites is 1. The van der Waals surface area contributed by atoms with Gasteiger partial charge in [-0.2, -0.15) is 0 Å². The van der Waals surface area contributed by atoms with Crippen molar-refractivity contribution in [2.24, 2.45) is 0 Å². The van der Waals surface area contributed by atoms with Crippen LogP contribution >= 0.6 is 0 Å². The smallest absolute Gasteiger partial charge is 0.296 e. The van der Waals surface area contributed by atoms with Crippen molar-refractivity contribution in [3.05, 3.63) is 77.4 Å². The van der Waals surface area contributed by atoms with Gasteiger partial charge in [0.25, 0.3) is 17.6 Å². The molecule has 0 unspecified atom stereocenters. The lowest BCUT2D eigenvalue weighted by Crippen LogP contribution is -2.53. The van der Waals surface area contributed by atoms with Gasteiger partial charge in [-0.05, 0) is 50.8 Å². The lowest BCUT2D eigenvalue weighted by molar-refractivity contribution is -0.143. The molecule has 2 amide bonds. The van der Waals surface area contributed by atoms with Gasteiger partial charge in [-0.1, -0.05) is 24.3 Å². The minimum atomic E-state index is -1.77. The summed E-state index contributed by atoms with van der Waals surface area (Å²) >= 11 is 0. The molecule has 1 N–H and O–H groups in total. The zero-order valence-electron chi connectivity index (χ0n) is 20.7. The van der Waals surface area contributed by atoms with Gasteiger partial charge in [0.1, 0.15) is 17.6 Å². The van der Waals surface area contributed by atoms with Gasteiger partial charge in [-0.25, -0.2) is 0 Å². The number of aliphatic hydroxyl groups excluding tert-OH is 1. The molecule has 36 heavy (non-hydrogen) atoms. The normalized spacial score (nSPS) is 24.0. The molecule has 5 rings (SSSR count). The Morgan fingerprint density at radius 1 is 1.22 bits per heavy atom. The van der Waals surface area contributed by atoms with E-state index in [0.29, 0.717) is 29.8 Å². The van der Waals surface area contributed by atoms with E-state index in [1.807, 2.05) is 25.9 Å². The zero-order chi connectivity index (χ0) is 25.8. The molecule has 0 radical (unpaired) electrons. The average Bonchev–Trinajstić information content (AvgIpc) is 3.42. The number of fused-ring (bicyclic) bond motifs is 3. The number of anilines is 1. The summed E-state index contributed by atoms with van der Waals surface area (Å²) in [5.41, 5.74) is 0.368. The summed E-state index contributed by atoms with van der Waals surface area (Å²) in [6.07, 6.45) is 2.26. The molecule has 3 aliphatic heterocycles. The number of benzene rings is 2. The van der Waals surface area contributed by atoms with Gasteiger partial charge in [0.2, 0.25) is 0 Å². The van der Waals surface area contributed by atoms with Gasteiger partial charge in [-0.15, -0.1) is 6.58 Å². The third-order valence-corrected chi connectivity index (χ3v) is 7.06. The molecule has 2 atom stereocenters. The van der Waals surface area contributed by atoms with Crippen LogP contribution in [-0.2, 0) is 26.3 Å². The molecule has 8 nitrogen and oxygen atoms in total. The number of likely N-dealkylation sites (N-methyl/N-ethyl adjacent to an activating group) is 1. The van der Waals surface area contributed by atoms with E-state index in [0.717, 1.165) is 11.3 Å². The molecule has 1 spiro atoms. The Balaban J connectivity index is 1.77. The van der Waals surface area contributed by atoms with Crippen molar-refractivity contribution >= 4 is 29.0 Å². The number of likely N-dealkylation sites (tertiary alicyclic amines) is 1. The maximum atomic E-state index is 14.3. The Morgan fingerprint density at radius 3 is 2.69 bits per heavy atom. The average molecular weight is 488 g/mol. The molecular weight excluding hydrogens is 458 g/mol. The second-order valence-corrected chi connectivity index (χ2v) is 9.70. The number of ketones is 1.